The van der Waals surface area contributed by atoms with Gasteiger partial charge in [0.05, 0.1) is 28.5 Å². The summed E-state index contributed by atoms with van der Waals surface area (Å²) in [6.45, 7) is 0. The summed E-state index contributed by atoms with van der Waals surface area (Å²) in [6, 6.07) is 5.33. The van der Waals surface area contributed by atoms with Crippen LogP contribution in [0.1, 0.15) is 16.8 Å². The molecular formula is C18H11F3N4O2. The monoisotopic (exact) mass is 372 g/mol. The zero-order valence-corrected chi connectivity index (χ0v) is 13.5. The van der Waals surface area contributed by atoms with Gasteiger partial charge in [0.2, 0.25) is 0 Å². The molecule has 0 radical (unpaired) electrons. The molecule has 1 atom stereocenters. The molecule has 0 saturated heterocycles. The summed E-state index contributed by atoms with van der Waals surface area (Å²) in [5.41, 5.74) is -3.72. The highest BCUT2D eigenvalue weighted by Crippen LogP contribution is 2.40. The minimum Gasteiger partial charge on any atom is -0.374 e. The highest BCUT2D eigenvalue weighted by atomic mass is 19.1. The number of nitrogens with one attached hydrogen (secondary N) is 2. The smallest absolute Gasteiger partial charge is 0.323 e. The third kappa shape index (κ3) is 2.59. The van der Waals surface area contributed by atoms with E-state index in [1.54, 1.807) is 6.07 Å². The summed E-state index contributed by atoms with van der Waals surface area (Å²) in [5.74, 6) is -3.76. The number of hydrogen-bond donors (Lipinski definition) is 3. The molecule has 0 saturated carbocycles. The van der Waals surface area contributed by atoms with E-state index >= 15 is 0 Å². The highest BCUT2D eigenvalue weighted by Gasteiger charge is 2.42. The van der Waals surface area contributed by atoms with Crippen LogP contribution in [0.25, 0.3) is 11.0 Å². The summed E-state index contributed by atoms with van der Waals surface area (Å²) in [4.78, 5) is 24.5. The largest absolute Gasteiger partial charge is 0.374 e. The van der Waals surface area contributed by atoms with Crippen molar-refractivity contribution < 1.29 is 18.3 Å². The lowest BCUT2D eigenvalue weighted by atomic mass is 9.82. The first-order valence-corrected chi connectivity index (χ1v) is 7.76. The van der Waals surface area contributed by atoms with Crippen molar-refractivity contribution in [2.24, 2.45) is 0 Å². The average molecular weight is 372 g/mol. The first-order valence-electron chi connectivity index (χ1n) is 7.76. The molecule has 27 heavy (non-hydrogen) atoms. The summed E-state index contributed by atoms with van der Waals surface area (Å²) >= 11 is 0. The normalized spacial score (nSPS) is 13.6. The Labute approximate surface area is 149 Å². The van der Waals surface area contributed by atoms with Gasteiger partial charge in [-0.15, -0.1) is 0 Å². The maximum atomic E-state index is 14.6. The van der Waals surface area contributed by atoms with E-state index in [-0.39, 0.29) is 16.8 Å². The number of benzene rings is 2. The van der Waals surface area contributed by atoms with E-state index in [0.29, 0.717) is 17.6 Å². The number of rotatable bonds is 3. The van der Waals surface area contributed by atoms with E-state index in [9.17, 15) is 23.1 Å². The van der Waals surface area contributed by atoms with Gasteiger partial charge in [0, 0.05) is 30.1 Å². The second kappa shape index (κ2) is 6.06. The predicted molar refractivity (Wildman–Crippen MR) is 89.4 cm³/mol. The minimum absolute atomic E-state index is 0.0525. The second-order valence-corrected chi connectivity index (χ2v) is 5.85. The van der Waals surface area contributed by atoms with Gasteiger partial charge in [-0.05, 0) is 6.07 Å². The van der Waals surface area contributed by atoms with Crippen LogP contribution in [-0.2, 0) is 5.60 Å². The first-order chi connectivity index (χ1) is 12.9. The number of hydrogen-bond acceptors (Lipinski definition) is 4. The molecule has 0 fully saturated rings. The number of imidazole rings is 1. The predicted octanol–water partition coefficient (Wildman–Crippen LogP) is 2.35. The maximum absolute atomic E-state index is 14.6. The van der Waals surface area contributed by atoms with Crippen molar-refractivity contribution in [1.82, 2.24) is 19.9 Å². The molecule has 0 aliphatic heterocycles. The van der Waals surface area contributed by atoms with Crippen molar-refractivity contribution in [3.8, 4) is 0 Å². The van der Waals surface area contributed by atoms with Crippen molar-refractivity contribution in [2.45, 2.75) is 5.60 Å². The number of aliphatic hydroxyl groups is 1. The number of H-pyrrole nitrogens is 2. The van der Waals surface area contributed by atoms with Crippen LogP contribution in [-0.4, -0.2) is 25.0 Å². The number of aromatic amines is 2. The van der Waals surface area contributed by atoms with Crippen molar-refractivity contribution in [3.63, 3.8) is 0 Å². The Morgan fingerprint density at radius 2 is 1.78 bits per heavy atom. The van der Waals surface area contributed by atoms with Crippen molar-refractivity contribution in [1.29, 1.82) is 0 Å². The van der Waals surface area contributed by atoms with E-state index in [1.807, 2.05) is 0 Å². The Balaban J connectivity index is 2.15. The molecule has 2 aromatic carbocycles. The van der Waals surface area contributed by atoms with E-state index in [4.69, 9.17) is 0 Å². The van der Waals surface area contributed by atoms with Crippen LogP contribution < -0.4 is 5.69 Å². The molecule has 0 amide bonds. The maximum Gasteiger partial charge on any atom is 0.323 e. The molecule has 3 N–H and O–H groups in total. The SMILES string of the molecule is O=c1[nH]c2cccc(C(O)(c3cnccn3)c3c(F)cc(F)cc3F)c2[nH]1. The zero-order valence-electron chi connectivity index (χ0n) is 13.5. The minimum atomic E-state index is -2.49. The van der Waals surface area contributed by atoms with Crippen LogP contribution in [0.2, 0.25) is 0 Å². The zero-order chi connectivity index (χ0) is 19.2. The fraction of sp³-hybridized carbons (Fsp3) is 0.0556. The highest BCUT2D eigenvalue weighted by molar-refractivity contribution is 5.80. The third-order valence-electron chi connectivity index (χ3n) is 4.24. The molecule has 4 aromatic rings. The summed E-state index contributed by atoms with van der Waals surface area (Å²) < 4.78 is 42.6. The van der Waals surface area contributed by atoms with Crippen molar-refractivity contribution >= 4 is 11.0 Å². The molecular weight excluding hydrogens is 361 g/mol. The van der Waals surface area contributed by atoms with Gasteiger partial charge in [0.25, 0.3) is 0 Å². The molecule has 2 heterocycles. The van der Waals surface area contributed by atoms with Crippen LogP contribution in [0.15, 0.2) is 53.7 Å². The number of halogens is 3. The van der Waals surface area contributed by atoms with E-state index in [0.717, 1.165) is 6.20 Å². The van der Waals surface area contributed by atoms with Crippen molar-refractivity contribution in [3.05, 3.63) is 93.7 Å². The lowest BCUT2D eigenvalue weighted by Gasteiger charge is -2.29. The molecule has 4 rings (SSSR count). The third-order valence-corrected chi connectivity index (χ3v) is 4.24. The number of para-hydroxylation sites is 1. The van der Waals surface area contributed by atoms with Crippen LogP contribution in [0, 0.1) is 17.5 Å². The molecule has 0 aliphatic carbocycles. The molecule has 0 aliphatic rings. The Bertz CT molecular complexity index is 1180. The van der Waals surface area contributed by atoms with Crippen molar-refractivity contribution in [2.75, 3.05) is 0 Å². The van der Waals surface area contributed by atoms with Gasteiger partial charge < -0.3 is 15.1 Å². The molecule has 9 heteroatoms. The molecule has 2 aromatic heterocycles. The van der Waals surface area contributed by atoms with Gasteiger partial charge in [-0.25, -0.2) is 18.0 Å². The van der Waals surface area contributed by atoms with Crippen LogP contribution in [0.4, 0.5) is 13.2 Å². The quantitative estimate of drug-likeness (QED) is 0.515. The number of aromatic nitrogens is 4. The lowest BCUT2D eigenvalue weighted by Crippen LogP contribution is -2.33. The van der Waals surface area contributed by atoms with Crippen LogP contribution >= 0.6 is 0 Å². The molecule has 0 bridgehead atoms. The summed E-state index contributed by atoms with van der Waals surface area (Å²) in [6.07, 6.45) is 3.69. The number of nitrogens with zero attached hydrogens (tertiary/aromatic N) is 2. The summed E-state index contributed by atoms with van der Waals surface area (Å²) in [7, 11) is 0. The topological polar surface area (TPSA) is 94.7 Å². The van der Waals surface area contributed by atoms with Gasteiger partial charge in [0.15, 0.2) is 5.60 Å². The standard InChI is InChI=1S/C18H11F3N4O2/c19-9-6-11(20)15(12(21)7-9)18(27,14-8-22-4-5-23-14)10-2-1-3-13-16(10)25-17(26)24-13/h1-8,27H,(H2,24,25,26). The number of fused-ring (bicyclic) bond motifs is 1. The second-order valence-electron chi connectivity index (χ2n) is 5.85. The van der Waals surface area contributed by atoms with E-state index in [2.05, 4.69) is 19.9 Å². The first kappa shape index (κ1) is 17.0. The summed E-state index contributed by atoms with van der Waals surface area (Å²) in [5, 5.41) is 11.5. The van der Waals surface area contributed by atoms with E-state index in [1.165, 1.54) is 24.5 Å². The van der Waals surface area contributed by atoms with Gasteiger partial charge in [0.1, 0.15) is 17.5 Å². The Morgan fingerprint density at radius 1 is 1.04 bits per heavy atom. The average Bonchev–Trinajstić information content (AvgIpc) is 3.01. The van der Waals surface area contributed by atoms with Gasteiger partial charge in [-0.3, -0.25) is 9.97 Å². The van der Waals surface area contributed by atoms with Gasteiger partial charge in [-0.2, -0.15) is 0 Å². The van der Waals surface area contributed by atoms with E-state index < -0.39 is 34.3 Å². The fourth-order valence-corrected chi connectivity index (χ4v) is 3.13. The Kier molecular flexibility index (Phi) is 3.81. The van der Waals surface area contributed by atoms with Gasteiger partial charge >= 0.3 is 5.69 Å². The molecule has 6 nitrogen and oxygen atoms in total. The fourth-order valence-electron chi connectivity index (χ4n) is 3.13. The molecule has 1 unspecified atom stereocenters. The van der Waals surface area contributed by atoms with Gasteiger partial charge in [-0.1, -0.05) is 12.1 Å². The molecule has 0 spiro atoms. The molecule has 136 valence electrons. The Hall–Kier alpha value is -3.46. The Morgan fingerprint density at radius 3 is 2.44 bits per heavy atom. The van der Waals surface area contributed by atoms with Crippen LogP contribution in [0.5, 0.6) is 0 Å². The lowest BCUT2D eigenvalue weighted by molar-refractivity contribution is 0.112. The van der Waals surface area contributed by atoms with Crippen LogP contribution in [0.3, 0.4) is 0 Å².